The molecule has 0 saturated carbocycles. The fourth-order valence-electron chi connectivity index (χ4n) is 1.34. The van der Waals surface area contributed by atoms with Gasteiger partial charge in [0.15, 0.2) is 0 Å². The molecule has 0 aromatic rings. The van der Waals surface area contributed by atoms with Crippen LogP contribution in [0.3, 0.4) is 0 Å². The molecule has 20 heavy (non-hydrogen) atoms. The van der Waals surface area contributed by atoms with E-state index in [1.807, 2.05) is 0 Å². The summed E-state index contributed by atoms with van der Waals surface area (Å²) in [6.45, 7) is 7.35. The third-order valence-corrected chi connectivity index (χ3v) is 2.03. The van der Waals surface area contributed by atoms with Crippen LogP contribution < -0.4 is 10.9 Å². The highest BCUT2D eigenvalue weighted by Gasteiger charge is 2.20. The van der Waals surface area contributed by atoms with E-state index in [9.17, 15) is 14.4 Å². The lowest BCUT2D eigenvalue weighted by Gasteiger charge is -2.25. The van der Waals surface area contributed by atoms with Crippen molar-refractivity contribution in [3.05, 3.63) is 0 Å². The fourth-order valence-corrected chi connectivity index (χ4v) is 1.34. The molecule has 0 radical (unpaired) electrons. The van der Waals surface area contributed by atoms with Crippen molar-refractivity contribution < 1.29 is 24.6 Å². The molecular weight excluding hydrogens is 268 g/mol. The Morgan fingerprint density at radius 1 is 0.850 bits per heavy atom. The number of nitrogens with zero attached hydrogens (tertiary/aromatic N) is 2. The minimum absolute atomic E-state index is 0.0117. The van der Waals surface area contributed by atoms with Crippen molar-refractivity contribution in [1.82, 2.24) is 20.9 Å². The standard InChI is InChI=1S/C11H22N4O5/c1-7(2)5-14(10(17)18)12-9(16)13-15(11(19)20)6-8(3)4/h7-8H,5-6H2,1-4H3,(H,17,18)(H,19,20)(H2,12,13,16). The maximum absolute atomic E-state index is 11.6. The molecule has 0 fully saturated rings. The number of carboxylic acid groups (broad SMARTS) is 2. The zero-order valence-electron chi connectivity index (χ0n) is 12.1. The molecule has 0 saturated heterocycles. The van der Waals surface area contributed by atoms with Gasteiger partial charge in [-0.2, -0.15) is 0 Å². The summed E-state index contributed by atoms with van der Waals surface area (Å²) in [6, 6.07) is -0.920. The van der Waals surface area contributed by atoms with E-state index in [0.29, 0.717) is 10.0 Å². The second-order valence-corrected chi connectivity index (χ2v) is 5.13. The highest BCUT2D eigenvalue weighted by Crippen LogP contribution is 1.98. The van der Waals surface area contributed by atoms with Crippen LogP contribution in [0, 0.1) is 11.8 Å². The van der Waals surface area contributed by atoms with Crippen molar-refractivity contribution in [1.29, 1.82) is 0 Å². The Hall–Kier alpha value is -2.19. The van der Waals surface area contributed by atoms with E-state index in [1.165, 1.54) is 0 Å². The van der Waals surface area contributed by atoms with Gasteiger partial charge in [0.2, 0.25) is 0 Å². The zero-order valence-corrected chi connectivity index (χ0v) is 12.1. The topological polar surface area (TPSA) is 122 Å². The van der Waals surface area contributed by atoms with Crippen molar-refractivity contribution >= 4 is 18.2 Å². The minimum atomic E-state index is -1.32. The van der Waals surface area contributed by atoms with Crippen LogP contribution in [0.4, 0.5) is 14.4 Å². The van der Waals surface area contributed by atoms with Crippen molar-refractivity contribution in [2.24, 2.45) is 11.8 Å². The highest BCUT2D eigenvalue weighted by molar-refractivity contribution is 5.79. The number of urea groups is 1. The monoisotopic (exact) mass is 290 g/mol. The summed E-state index contributed by atoms with van der Waals surface area (Å²) in [7, 11) is 0. The molecule has 0 aliphatic heterocycles. The SMILES string of the molecule is CC(C)CN(NC(=O)NN(CC(C)C)C(=O)O)C(=O)O. The normalized spacial score (nSPS) is 10.3. The van der Waals surface area contributed by atoms with Crippen molar-refractivity contribution in [2.75, 3.05) is 13.1 Å². The van der Waals surface area contributed by atoms with Gasteiger partial charge in [-0.05, 0) is 11.8 Å². The molecule has 116 valence electrons. The number of hydrazine groups is 2. The Morgan fingerprint density at radius 2 is 1.15 bits per heavy atom. The quantitative estimate of drug-likeness (QED) is 0.583. The molecule has 0 aliphatic rings. The minimum Gasteiger partial charge on any atom is -0.464 e. The second-order valence-electron chi connectivity index (χ2n) is 5.13. The highest BCUT2D eigenvalue weighted by atomic mass is 16.4. The first-order valence-corrected chi connectivity index (χ1v) is 6.21. The summed E-state index contributed by atoms with van der Waals surface area (Å²) >= 11 is 0. The number of carbonyl (C=O) groups excluding carboxylic acids is 1. The first-order chi connectivity index (χ1) is 9.13. The Kier molecular flexibility index (Phi) is 7.19. The third-order valence-electron chi connectivity index (χ3n) is 2.03. The van der Waals surface area contributed by atoms with Crippen LogP contribution in [0.2, 0.25) is 0 Å². The summed E-state index contributed by atoms with van der Waals surface area (Å²) < 4.78 is 0. The molecule has 0 spiro atoms. The largest absolute Gasteiger partial charge is 0.464 e. The van der Waals surface area contributed by atoms with Gasteiger partial charge in [0.05, 0.1) is 0 Å². The first-order valence-electron chi connectivity index (χ1n) is 6.21. The van der Waals surface area contributed by atoms with Gasteiger partial charge in [-0.15, -0.1) is 0 Å². The van der Waals surface area contributed by atoms with Crippen LogP contribution in [0.5, 0.6) is 0 Å². The van der Waals surface area contributed by atoms with Crippen LogP contribution in [0.25, 0.3) is 0 Å². The molecule has 4 N–H and O–H groups in total. The smallest absolute Gasteiger partial charge is 0.426 e. The van der Waals surface area contributed by atoms with Gasteiger partial charge in [0.25, 0.3) is 0 Å². The van der Waals surface area contributed by atoms with Gasteiger partial charge in [-0.1, -0.05) is 27.7 Å². The molecule has 0 unspecified atom stereocenters. The summed E-state index contributed by atoms with van der Waals surface area (Å²) in [5.74, 6) is 0.0234. The zero-order chi connectivity index (χ0) is 15.9. The van der Waals surface area contributed by atoms with E-state index in [4.69, 9.17) is 10.2 Å². The number of amides is 4. The van der Waals surface area contributed by atoms with E-state index in [2.05, 4.69) is 10.9 Å². The second kappa shape index (κ2) is 8.08. The van der Waals surface area contributed by atoms with E-state index >= 15 is 0 Å². The Bertz CT molecular complexity index is 327. The molecule has 0 aliphatic carbocycles. The number of rotatable bonds is 4. The summed E-state index contributed by atoms with van der Waals surface area (Å²) in [5.41, 5.74) is 4.17. The summed E-state index contributed by atoms with van der Waals surface area (Å²) in [5, 5.41) is 19.2. The fraction of sp³-hybridized carbons (Fsp3) is 0.727. The van der Waals surface area contributed by atoms with Gasteiger partial charge in [0.1, 0.15) is 0 Å². The summed E-state index contributed by atoms with van der Waals surface area (Å²) in [6.07, 6.45) is -2.64. The van der Waals surface area contributed by atoms with Crippen molar-refractivity contribution in [3.8, 4) is 0 Å². The molecule has 0 atom stereocenters. The molecule has 0 rings (SSSR count). The average molecular weight is 290 g/mol. The van der Waals surface area contributed by atoms with Crippen LogP contribution in [0.1, 0.15) is 27.7 Å². The lowest BCUT2D eigenvalue weighted by Crippen LogP contribution is -2.56. The van der Waals surface area contributed by atoms with Gasteiger partial charge in [-0.3, -0.25) is 0 Å². The number of carbonyl (C=O) groups is 3. The molecule has 0 heterocycles. The first kappa shape index (κ1) is 17.8. The average Bonchev–Trinajstić information content (AvgIpc) is 2.25. The van der Waals surface area contributed by atoms with Gasteiger partial charge in [-0.25, -0.2) is 35.3 Å². The van der Waals surface area contributed by atoms with E-state index in [0.717, 1.165) is 0 Å². The predicted octanol–water partition coefficient (Wildman–Crippen LogP) is 1.39. The molecule has 0 bridgehead atoms. The van der Waals surface area contributed by atoms with Gasteiger partial charge >= 0.3 is 18.2 Å². The molecule has 4 amide bonds. The lowest BCUT2D eigenvalue weighted by molar-refractivity contribution is 0.0982. The van der Waals surface area contributed by atoms with Crippen LogP contribution in [-0.4, -0.2) is 51.5 Å². The van der Waals surface area contributed by atoms with E-state index < -0.39 is 18.2 Å². The lowest BCUT2D eigenvalue weighted by atomic mass is 10.2. The number of hydrogen-bond acceptors (Lipinski definition) is 3. The van der Waals surface area contributed by atoms with E-state index in [-0.39, 0.29) is 24.9 Å². The Labute approximate surface area is 117 Å². The van der Waals surface area contributed by atoms with Gasteiger partial charge < -0.3 is 10.2 Å². The van der Waals surface area contributed by atoms with Crippen molar-refractivity contribution in [3.63, 3.8) is 0 Å². The van der Waals surface area contributed by atoms with Crippen LogP contribution in [-0.2, 0) is 0 Å². The summed E-state index contributed by atoms with van der Waals surface area (Å²) in [4.78, 5) is 33.4. The number of nitrogens with one attached hydrogen (secondary N) is 2. The predicted molar refractivity (Wildman–Crippen MR) is 70.8 cm³/mol. The number of hydrogen-bond donors (Lipinski definition) is 4. The molecule has 9 nitrogen and oxygen atoms in total. The van der Waals surface area contributed by atoms with Crippen LogP contribution in [0.15, 0.2) is 0 Å². The maximum atomic E-state index is 11.6. The Morgan fingerprint density at radius 3 is 1.35 bits per heavy atom. The molecule has 0 aromatic heterocycles. The van der Waals surface area contributed by atoms with E-state index in [1.54, 1.807) is 27.7 Å². The third kappa shape index (κ3) is 7.29. The Balaban J connectivity index is 4.56. The van der Waals surface area contributed by atoms with Crippen LogP contribution >= 0.6 is 0 Å². The van der Waals surface area contributed by atoms with Gasteiger partial charge in [0, 0.05) is 13.1 Å². The molecular formula is C11H22N4O5. The molecule has 9 heteroatoms. The molecule has 0 aromatic carbocycles. The van der Waals surface area contributed by atoms with Crippen molar-refractivity contribution in [2.45, 2.75) is 27.7 Å². The maximum Gasteiger partial charge on any atom is 0.426 e.